The molecule has 0 saturated carbocycles. The number of ether oxygens (including phenoxy) is 2. The van der Waals surface area contributed by atoms with E-state index in [-0.39, 0.29) is 37.0 Å². The van der Waals surface area contributed by atoms with Crippen molar-refractivity contribution in [2.45, 2.75) is 82.1 Å². The van der Waals surface area contributed by atoms with Crippen molar-refractivity contribution < 1.29 is 34.1 Å². The maximum atomic E-state index is 13.3. The van der Waals surface area contributed by atoms with E-state index in [4.69, 9.17) is 14.6 Å². The number of nitrogens with zero attached hydrogens (tertiary/aromatic N) is 2. The number of unbranched alkanes of at least 4 members (excludes halogenated alkanes) is 1. The van der Waals surface area contributed by atoms with Crippen LogP contribution in [0.4, 0.5) is 5.69 Å². The minimum absolute atomic E-state index is 0.0210. The number of carbonyl (C=O) groups is 3. The van der Waals surface area contributed by atoms with E-state index in [1.165, 1.54) is 0 Å². The predicted molar refractivity (Wildman–Crippen MR) is 209 cm³/mol. The number of hydrogen-bond acceptors (Lipinski definition) is 8. The lowest BCUT2D eigenvalue weighted by Crippen LogP contribution is -2.57. The van der Waals surface area contributed by atoms with Crippen LogP contribution in [0, 0.1) is 0 Å². The zero-order valence-corrected chi connectivity index (χ0v) is 31.1. The van der Waals surface area contributed by atoms with Crippen LogP contribution in [0.1, 0.15) is 79.6 Å². The van der Waals surface area contributed by atoms with Gasteiger partial charge in [0.05, 0.1) is 25.5 Å². The first-order chi connectivity index (χ1) is 26.8. The van der Waals surface area contributed by atoms with Crippen molar-refractivity contribution in [3.63, 3.8) is 0 Å². The van der Waals surface area contributed by atoms with Crippen LogP contribution in [0.3, 0.4) is 0 Å². The molecule has 0 bridgehead atoms. The van der Waals surface area contributed by atoms with Crippen LogP contribution in [-0.2, 0) is 37.0 Å². The van der Waals surface area contributed by atoms with Crippen molar-refractivity contribution in [2.24, 2.45) is 0 Å². The minimum atomic E-state index is -0.849. The van der Waals surface area contributed by atoms with Crippen LogP contribution in [-0.4, -0.2) is 70.8 Å². The predicted octanol–water partition coefficient (Wildman–Crippen LogP) is 6.08. The summed E-state index contributed by atoms with van der Waals surface area (Å²) in [4.78, 5) is 41.1. The topological polar surface area (TPSA) is 141 Å². The molecule has 3 unspecified atom stereocenters. The Balaban J connectivity index is 1.03. The monoisotopic (exact) mass is 746 g/mol. The van der Waals surface area contributed by atoms with Gasteiger partial charge in [0.25, 0.3) is 0 Å². The summed E-state index contributed by atoms with van der Waals surface area (Å²) in [7, 11) is 0. The van der Waals surface area contributed by atoms with Crippen molar-refractivity contribution in [2.75, 3.05) is 31.2 Å². The number of nitrogens with one attached hydrogen (secondary N) is 2. The molecule has 1 spiro atoms. The molecule has 3 aliphatic rings. The minimum Gasteiger partial charge on any atom is -0.481 e. The molecule has 11 heteroatoms. The second kappa shape index (κ2) is 17.6. The van der Waals surface area contributed by atoms with Gasteiger partial charge in [-0.3, -0.25) is 14.4 Å². The highest BCUT2D eigenvalue weighted by atomic mass is 16.7. The lowest BCUT2D eigenvalue weighted by atomic mass is 9.85. The van der Waals surface area contributed by atoms with Gasteiger partial charge >= 0.3 is 5.97 Å². The molecule has 0 radical (unpaired) electrons. The number of aliphatic hydroxyl groups excluding tert-OH is 1. The summed E-state index contributed by atoms with van der Waals surface area (Å²) in [5.74, 6) is -0.844. The SMILES string of the molecule is O=C(O)CCCCC(=O)NCc1ccccc1-c1ccc(C2OC(CN3CCC4(CC3)C(=O)NCN4c3ccccc3)CC(c3ccc(CO)cc3)O2)cc1. The summed E-state index contributed by atoms with van der Waals surface area (Å²) in [5, 5.41) is 24.6. The number of para-hydroxylation sites is 1. The molecule has 3 fully saturated rings. The quantitative estimate of drug-likeness (QED) is 0.113. The first-order valence-corrected chi connectivity index (χ1v) is 19.3. The van der Waals surface area contributed by atoms with Gasteiger partial charge in [-0.2, -0.15) is 0 Å². The van der Waals surface area contributed by atoms with E-state index in [1.54, 1.807) is 0 Å². The van der Waals surface area contributed by atoms with Gasteiger partial charge in [-0.1, -0.05) is 91.0 Å². The van der Waals surface area contributed by atoms with Crippen LogP contribution in [0.25, 0.3) is 11.1 Å². The molecule has 55 heavy (non-hydrogen) atoms. The third-order valence-corrected chi connectivity index (χ3v) is 11.2. The molecule has 4 N–H and O–H groups in total. The number of carbonyl (C=O) groups excluding carboxylic acids is 2. The molecular weight excluding hydrogens is 697 g/mol. The maximum Gasteiger partial charge on any atom is 0.303 e. The second-order valence-corrected chi connectivity index (χ2v) is 14.8. The van der Waals surface area contributed by atoms with Gasteiger partial charge in [0.15, 0.2) is 6.29 Å². The molecule has 3 saturated heterocycles. The normalized spacial score (nSPS) is 21.0. The molecule has 3 aliphatic heterocycles. The van der Waals surface area contributed by atoms with Crippen molar-refractivity contribution in [1.82, 2.24) is 15.5 Å². The molecule has 2 amide bonds. The van der Waals surface area contributed by atoms with Crippen LogP contribution >= 0.6 is 0 Å². The Bertz CT molecular complexity index is 1910. The summed E-state index contributed by atoms with van der Waals surface area (Å²) >= 11 is 0. The number of amides is 2. The first-order valence-electron chi connectivity index (χ1n) is 19.3. The van der Waals surface area contributed by atoms with Gasteiger partial charge in [0.1, 0.15) is 5.54 Å². The highest BCUT2D eigenvalue weighted by molar-refractivity contribution is 5.93. The molecule has 7 rings (SSSR count). The number of aliphatic hydroxyl groups is 1. The Morgan fingerprint density at radius 1 is 0.836 bits per heavy atom. The number of anilines is 1. The van der Waals surface area contributed by atoms with Crippen LogP contribution < -0.4 is 15.5 Å². The van der Waals surface area contributed by atoms with E-state index in [0.717, 1.165) is 65.0 Å². The number of carboxylic acids is 1. The smallest absolute Gasteiger partial charge is 0.303 e. The van der Waals surface area contributed by atoms with Crippen molar-refractivity contribution in [3.05, 3.63) is 125 Å². The highest BCUT2D eigenvalue weighted by Crippen LogP contribution is 2.40. The number of piperidine rings is 1. The van der Waals surface area contributed by atoms with Crippen molar-refractivity contribution >= 4 is 23.5 Å². The van der Waals surface area contributed by atoms with Crippen LogP contribution in [0.15, 0.2) is 103 Å². The van der Waals surface area contributed by atoms with E-state index >= 15 is 0 Å². The van der Waals surface area contributed by atoms with Gasteiger partial charge in [-0.15, -0.1) is 0 Å². The van der Waals surface area contributed by atoms with Crippen molar-refractivity contribution in [1.29, 1.82) is 0 Å². The van der Waals surface area contributed by atoms with E-state index < -0.39 is 17.8 Å². The Labute approximate surface area is 322 Å². The van der Waals surface area contributed by atoms with Gasteiger partial charge in [0, 0.05) is 56.7 Å². The molecular formula is C44H50N4O7. The van der Waals surface area contributed by atoms with Crippen molar-refractivity contribution in [3.8, 4) is 11.1 Å². The fourth-order valence-electron chi connectivity index (χ4n) is 8.08. The summed E-state index contributed by atoms with van der Waals surface area (Å²) in [5.41, 5.74) is 6.27. The van der Waals surface area contributed by atoms with E-state index in [9.17, 15) is 19.5 Å². The van der Waals surface area contributed by atoms with Crippen LogP contribution in [0.5, 0.6) is 0 Å². The Hall–Kier alpha value is -5.07. The molecule has 11 nitrogen and oxygen atoms in total. The molecule has 3 heterocycles. The molecule has 288 valence electrons. The second-order valence-electron chi connectivity index (χ2n) is 14.8. The average Bonchev–Trinajstić information content (AvgIpc) is 3.54. The fourth-order valence-corrected chi connectivity index (χ4v) is 8.08. The highest BCUT2D eigenvalue weighted by Gasteiger charge is 2.50. The zero-order valence-electron chi connectivity index (χ0n) is 31.1. The molecule has 0 aromatic heterocycles. The maximum absolute atomic E-state index is 13.3. The summed E-state index contributed by atoms with van der Waals surface area (Å²) in [6, 6.07) is 34.2. The third kappa shape index (κ3) is 9.08. The Morgan fingerprint density at radius 3 is 2.25 bits per heavy atom. The van der Waals surface area contributed by atoms with Gasteiger partial charge in [-0.05, 0) is 65.6 Å². The molecule has 4 aromatic carbocycles. The number of hydrogen-bond donors (Lipinski definition) is 4. The fraction of sp³-hybridized carbons (Fsp3) is 0.386. The number of benzene rings is 4. The number of likely N-dealkylation sites (tertiary alicyclic amines) is 1. The Morgan fingerprint density at radius 2 is 1.53 bits per heavy atom. The average molecular weight is 747 g/mol. The van der Waals surface area contributed by atoms with E-state index in [0.29, 0.717) is 45.4 Å². The van der Waals surface area contributed by atoms with Gasteiger partial charge in [0.2, 0.25) is 11.8 Å². The van der Waals surface area contributed by atoms with E-state index in [1.807, 2.05) is 78.9 Å². The molecule has 3 atom stereocenters. The zero-order chi connectivity index (χ0) is 38.2. The third-order valence-electron chi connectivity index (χ3n) is 11.2. The summed E-state index contributed by atoms with van der Waals surface area (Å²) < 4.78 is 13.4. The lowest BCUT2D eigenvalue weighted by Gasteiger charge is -2.45. The summed E-state index contributed by atoms with van der Waals surface area (Å²) in [6.07, 6.45) is 2.56. The van der Waals surface area contributed by atoms with Crippen LogP contribution in [0.2, 0.25) is 0 Å². The Kier molecular flexibility index (Phi) is 12.2. The lowest BCUT2D eigenvalue weighted by molar-refractivity contribution is -0.253. The molecule has 0 aliphatic carbocycles. The number of carboxylic acid groups (broad SMARTS) is 1. The first kappa shape index (κ1) is 38.2. The van der Waals surface area contributed by atoms with E-state index in [2.05, 4.69) is 44.7 Å². The standard InChI is InChI=1S/C44H50N4O7/c49-29-31-14-16-33(17-15-31)39-26-37(28-47-24-22-44(23-25-47)43(53)46-30-48(44)36-9-2-1-3-10-36)54-42(55-39)34-20-18-32(19-21-34)38-11-5-4-8-35(38)27-45-40(50)12-6-7-13-41(51)52/h1-5,8-11,14-21,37,39,42,49H,6-7,12-13,22-30H2,(H,45,50)(H,46,53)(H,51,52). The number of rotatable bonds is 14. The van der Waals surface area contributed by atoms with Gasteiger partial charge < -0.3 is 40.1 Å². The van der Waals surface area contributed by atoms with Gasteiger partial charge in [-0.25, -0.2) is 0 Å². The largest absolute Gasteiger partial charge is 0.481 e. The summed E-state index contributed by atoms with van der Waals surface area (Å²) in [6.45, 7) is 3.13. The molecule has 4 aromatic rings. The number of aliphatic carboxylic acids is 1.